The minimum Gasteiger partial charge on any atom is -0.439 e. The third-order valence-corrected chi connectivity index (χ3v) is 6.20. The molecule has 1 N–H and O–H groups in total. The summed E-state index contributed by atoms with van der Waals surface area (Å²) in [5.74, 6) is 1.06. The van der Waals surface area contributed by atoms with Crippen molar-refractivity contribution in [2.75, 3.05) is 0 Å². The normalized spacial score (nSPS) is 11.3. The largest absolute Gasteiger partial charge is 0.439 e. The molecule has 1 aromatic heterocycles. The van der Waals surface area contributed by atoms with Crippen molar-refractivity contribution in [2.24, 2.45) is 0 Å². The monoisotopic (exact) mass is 450 g/mol. The molecule has 0 aliphatic carbocycles. The lowest BCUT2D eigenvalue weighted by Gasteiger charge is -2.10. The first-order valence-corrected chi connectivity index (χ1v) is 11.4. The fourth-order valence-corrected chi connectivity index (χ4v) is 4.21. The fraction of sp³-hybridized carbons (Fsp3) is 0.0417. The zero-order chi connectivity index (χ0) is 21.7. The smallest absolute Gasteiger partial charge is 0.240 e. The molecule has 0 unspecified atom stereocenters. The van der Waals surface area contributed by atoms with Crippen LogP contribution in [-0.4, -0.2) is 13.4 Å². The van der Waals surface area contributed by atoms with Crippen LogP contribution in [-0.2, 0) is 16.6 Å². The van der Waals surface area contributed by atoms with Gasteiger partial charge in [-0.05, 0) is 59.2 Å². The molecule has 31 heavy (non-hydrogen) atoms. The molecule has 1 heterocycles. The van der Waals surface area contributed by atoms with E-state index in [0.29, 0.717) is 16.7 Å². The highest BCUT2D eigenvalue weighted by atomic mass is 35.5. The molecule has 0 atom stereocenters. The summed E-state index contributed by atoms with van der Waals surface area (Å²) in [5.41, 5.74) is 2.59. The molecule has 3 aromatic carbocycles. The minimum atomic E-state index is -3.67. The number of pyridine rings is 1. The van der Waals surface area contributed by atoms with Gasteiger partial charge in [-0.2, -0.15) is 0 Å². The maximum Gasteiger partial charge on any atom is 0.240 e. The van der Waals surface area contributed by atoms with Crippen molar-refractivity contribution < 1.29 is 13.2 Å². The molecule has 5 nitrogen and oxygen atoms in total. The van der Waals surface area contributed by atoms with Gasteiger partial charge in [0.05, 0.1) is 4.90 Å². The lowest BCUT2D eigenvalue weighted by molar-refractivity contribution is 0.462. The highest BCUT2D eigenvalue weighted by Crippen LogP contribution is 2.24. The van der Waals surface area contributed by atoms with Crippen LogP contribution in [0.2, 0.25) is 5.02 Å². The van der Waals surface area contributed by atoms with Crippen LogP contribution < -0.4 is 9.46 Å². The van der Waals surface area contributed by atoms with E-state index < -0.39 is 10.0 Å². The predicted molar refractivity (Wildman–Crippen MR) is 122 cm³/mol. The van der Waals surface area contributed by atoms with Crippen LogP contribution in [0.15, 0.2) is 102 Å². The number of ether oxygens (including phenoxy) is 1. The molecule has 156 valence electrons. The van der Waals surface area contributed by atoms with Crippen molar-refractivity contribution >= 4 is 21.6 Å². The van der Waals surface area contributed by atoms with Crippen molar-refractivity contribution in [3.8, 4) is 22.8 Å². The summed E-state index contributed by atoms with van der Waals surface area (Å²) in [5, 5.41) is 0.630. The van der Waals surface area contributed by atoms with E-state index in [1.807, 2.05) is 36.4 Å². The van der Waals surface area contributed by atoms with Crippen LogP contribution in [0.25, 0.3) is 11.1 Å². The summed E-state index contributed by atoms with van der Waals surface area (Å²) in [6.07, 6.45) is 1.64. The molecule has 0 saturated heterocycles. The van der Waals surface area contributed by atoms with Crippen molar-refractivity contribution in [3.05, 3.63) is 108 Å². The lowest BCUT2D eigenvalue weighted by Crippen LogP contribution is -2.23. The number of aromatic nitrogens is 1. The van der Waals surface area contributed by atoms with Crippen molar-refractivity contribution in [3.63, 3.8) is 0 Å². The molecular formula is C24H19ClN2O3S. The van der Waals surface area contributed by atoms with Gasteiger partial charge < -0.3 is 4.74 Å². The van der Waals surface area contributed by atoms with Crippen LogP contribution in [0.3, 0.4) is 0 Å². The summed E-state index contributed by atoms with van der Waals surface area (Å²) < 4.78 is 33.8. The second kappa shape index (κ2) is 9.31. The zero-order valence-electron chi connectivity index (χ0n) is 16.4. The molecular weight excluding hydrogens is 432 g/mol. The van der Waals surface area contributed by atoms with Gasteiger partial charge in [-0.1, -0.05) is 54.1 Å². The SMILES string of the molecule is O=S(=O)(NCc1cccc(Oc2ccccn2)c1)c1ccc(-c2cccc(Cl)c2)cc1. The molecule has 0 saturated carbocycles. The highest BCUT2D eigenvalue weighted by Gasteiger charge is 2.14. The van der Waals surface area contributed by atoms with Gasteiger partial charge in [0, 0.05) is 23.8 Å². The number of nitrogens with one attached hydrogen (secondary N) is 1. The van der Waals surface area contributed by atoms with E-state index in [9.17, 15) is 8.42 Å². The molecule has 4 rings (SSSR count). The highest BCUT2D eigenvalue weighted by molar-refractivity contribution is 7.89. The van der Waals surface area contributed by atoms with Gasteiger partial charge in [0.1, 0.15) is 5.75 Å². The summed E-state index contributed by atoms with van der Waals surface area (Å²) in [6, 6.07) is 26.7. The van der Waals surface area contributed by atoms with Crippen LogP contribution in [0.1, 0.15) is 5.56 Å². The van der Waals surface area contributed by atoms with Gasteiger partial charge >= 0.3 is 0 Å². The molecule has 0 radical (unpaired) electrons. The maximum atomic E-state index is 12.7. The quantitative estimate of drug-likeness (QED) is 0.393. The average molecular weight is 451 g/mol. The summed E-state index contributed by atoms with van der Waals surface area (Å²) >= 11 is 6.04. The summed E-state index contributed by atoms with van der Waals surface area (Å²) in [6.45, 7) is 0.137. The molecule has 0 aliphatic heterocycles. The van der Waals surface area contributed by atoms with Gasteiger partial charge in [-0.15, -0.1) is 0 Å². The first kappa shape index (κ1) is 21.1. The zero-order valence-corrected chi connectivity index (χ0v) is 18.0. The Morgan fingerprint density at radius 2 is 1.65 bits per heavy atom. The number of benzene rings is 3. The Kier molecular flexibility index (Phi) is 6.32. The third-order valence-electron chi connectivity index (χ3n) is 4.55. The van der Waals surface area contributed by atoms with Crippen LogP contribution in [0, 0.1) is 0 Å². The molecule has 7 heteroatoms. The fourth-order valence-electron chi connectivity index (χ4n) is 3.00. The number of halogens is 1. The Morgan fingerprint density at radius 3 is 2.39 bits per heavy atom. The molecule has 4 aromatic rings. The minimum absolute atomic E-state index is 0.137. The second-order valence-electron chi connectivity index (χ2n) is 6.78. The Bertz CT molecular complexity index is 1280. The van der Waals surface area contributed by atoms with E-state index in [0.717, 1.165) is 16.7 Å². The number of hydrogen-bond donors (Lipinski definition) is 1. The van der Waals surface area contributed by atoms with E-state index in [-0.39, 0.29) is 11.4 Å². The van der Waals surface area contributed by atoms with Crippen LogP contribution in [0.4, 0.5) is 0 Å². The Labute approximate surface area is 186 Å². The summed E-state index contributed by atoms with van der Waals surface area (Å²) in [7, 11) is -3.67. The first-order valence-electron chi connectivity index (χ1n) is 9.53. The molecule has 0 aliphatic rings. The van der Waals surface area contributed by atoms with Gasteiger partial charge in [0.2, 0.25) is 15.9 Å². The van der Waals surface area contributed by atoms with Gasteiger partial charge in [-0.3, -0.25) is 0 Å². The molecule has 0 amide bonds. The Balaban J connectivity index is 1.44. The molecule has 0 spiro atoms. The second-order valence-corrected chi connectivity index (χ2v) is 8.98. The van der Waals surface area contributed by atoms with E-state index in [1.54, 1.807) is 60.8 Å². The van der Waals surface area contributed by atoms with Crippen molar-refractivity contribution in [2.45, 2.75) is 11.4 Å². The summed E-state index contributed by atoms with van der Waals surface area (Å²) in [4.78, 5) is 4.31. The Hall–Kier alpha value is -3.19. The maximum absolute atomic E-state index is 12.7. The number of nitrogens with zero attached hydrogens (tertiary/aromatic N) is 1. The Morgan fingerprint density at radius 1 is 0.839 bits per heavy atom. The first-order chi connectivity index (χ1) is 15.0. The van der Waals surface area contributed by atoms with E-state index in [4.69, 9.17) is 16.3 Å². The standard InChI is InChI=1S/C24H19ClN2O3S/c25-21-7-4-6-20(16-21)19-10-12-23(13-11-19)31(28,29)27-17-18-5-3-8-22(15-18)30-24-9-1-2-14-26-24/h1-16,27H,17H2. The van der Waals surface area contributed by atoms with Crippen molar-refractivity contribution in [1.29, 1.82) is 0 Å². The average Bonchev–Trinajstić information content (AvgIpc) is 2.79. The predicted octanol–water partition coefficient (Wildman–Crippen LogP) is 5.67. The molecule has 0 fully saturated rings. The number of rotatable bonds is 7. The van der Waals surface area contributed by atoms with E-state index in [1.165, 1.54) is 0 Å². The molecule has 0 bridgehead atoms. The number of hydrogen-bond acceptors (Lipinski definition) is 4. The van der Waals surface area contributed by atoms with Gasteiger partial charge in [0.15, 0.2) is 0 Å². The van der Waals surface area contributed by atoms with Crippen LogP contribution >= 0.6 is 11.6 Å². The van der Waals surface area contributed by atoms with Gasteiger partial charge in [-0.25, -0.2) is 18.1 Å². The topological polar surface area (TPSA) is 68.3 Å². The third kappa shape index (κ3) is 5.49. The van der Waals surface area contributed by atoms with Gasteiger partial charge in [0.25, 0.3) is 0 Å². The van der Waals surface area contributed by atoms with E-state index >= 15 is 0 Å². The van der Waals surface area contributed by atoms with E-state index in [2.05, 4.69) is 9.71 Å². The van der Waals surface area contributed by atoms with Crippen LogP contribution in [0.5, 0.6) is 11.6 Å². The van der Waals surface area contributed by atoms with Crippen molar-refractivity contribution in [1.82, 2.24) is 9.71 Å². The number of sulfonamides is 1. The lowest BCUT2D eigenvalue weighted by atomic mass is 10.1.